The minimum absolute atomic E-state index is 0.0975. The maximum absolute atomic E-state index is 12.7. The van der Waals surface area contributed by atoms with Gasteiger partial charge in [0.25, 0.3) is 11.8 Å². The molecule has 30 heavy (non-hydrogen) atoms. The Kier molecular flexibility index (Phi) is 6.74. The first-order valence-electron chi connectivity index (χ1n) is 8.59. The summed E-state index contributed by atoms with van der Waals surface area (Å²) in [6.07, 6.45) is 3.31. The third-order valence-electron chi connectivity index (χ3n) is 4.23. The van der Waals surface area contributed by atoms with Crippen LogP contribution in [0.5, 0.6) is 0 Å². The second kappa shape index (κ2) is 9.28. The molecule has 0 spiro atoms. The Morgan fingerprint density at radius 1 is 1.50 bits per heavy atom. The van der Waals surface area contributed by atoms with Crippen LogP contribution in [0.1, 0.15) is 5.69 Å². The third kappa shape index (κ3) is 4.17. The Bertz CT molecular complexity index is 956. The number of carbonyl (C=O) groups is 3. The lowest BCUT2D eigenvalue weighted by Gasteiger charge is -2.49. The van der Waals surface area contributed by atoms with Crippen molar-refractivity contribution in [2.24, 2.45) is 5.16 Å². The predicted octanol–water partition coefficient (Wildman–Crippen LogP) is 0.0170. The average molecular weight is 454 g/mol. The van der Waals surface area contributed by atoms with Crippen molar-refractivity contribution in [3.63, 3.8) is 0 Å². The number of thiazole rings is 1. The van der Waals surface area contributed by atoms with E-state index >= 15 is 0 Å². The van der Waals surface area contributed by atoms with E-state index in [4.69, 9.17) is 15.3 Å². The molecule has 0 aliphatic carbocycles. The van der Waals surface area contributed by atoms with Crippen LogP contribution in [0.4, 0.5) is 5.13 Å². The van der Waals surface area contributed by atoms with Crippen LogP contribution in [0.3, 0.4) is 0 Å². The summed E-state index contributed by atoms with van der Waals surface area (Å²) in [4.78, 5) is 47.1. The largest absolute Gasteiger partial charge is 0.477 e. The Hall–Kier alpha value is -2.90. The standard InChI is InChI=1S/C17H19N5O6S2/c1-27-5-3-4-8-6-29-15-11(14(24)22(15)12(8)16(25)26)20-13(23)10(21-28-2)9-7-30-17(18)19-9/h3-4,7,11,15H,5-6H2,1-2H3,(H2,18,19)(H,20,23)(H,25,26)/b4-3-,21-10-/t11-,15-/m1/s1. The number of methoxy groups -OCH3 is 1. The fraction of sp³-hybridized carbons (Fsp3) is 0.353. The Morgan fingerprint density at radius 3 is 2.87 bits per heavy atom. The molecule has 1 fully saturated rings. The first-order chi connectivity index (χ1) is 14.4. The van der Waals surface area contributed by atoms with Gasteiger partial charge in [0.05, 0.1) is 6.61 Å². The van der Waals surface area contributed by atoms with Gasteiger partial charge in [-0.1, -0.05) is 17.3 Å². The molecular weight excluding hydrogens is 434 g/mol. The number of hydrogen-bond donors (Lipinski definition) is 3. The zero-order chi connectivity index (χ0) is 21.8. The van der Waals surface area contributed by atoms with E-state index in [0.717, 1.165) is 11.3 Å². The number of nitrogen functional groups attached to an aromatic ring is 1. The number of nitrogens with two attached hydrogens (primary N) is 1. The SMILES string of the molecule is COC/C=C\C1=C(C(=O)O)N2C(=O)[C@@H](NC(=O)/C(=N\OC)c3csc(N)n3)[C@H]2SC1. The molecule has 1 saturated heterocycles. The quantitative estimate of drug-likeness (QED) is 0.280. The number of carboxylic acid groups (broad SMARTS) is 1. The van der Waals surface area contributed by atoms with E-state index in [1.165, 1.54) is 30.9 Å². The molecule has 2 amide bonds. The van der Waals surface area contributed by atoms with Gasteiger partial charge in [-0.25, -0.2) is 9.78 Å². The molecule has 1 aromatic rings. The first-order valence-corrected chi connectivity index (χ1v) is 10.5. The predicted molar refractivity (Wildman–Crippen MR) is 111 cm³/mol. The minimum Gasteiger partial charge on any atom is -0.477 e. The monoisotopic (exact) mass is 453 g/mol. The number of allylic oxidation sites excluding steroid dienone is 1. The van der Waals surface area contributed by atoms with Gasteiger partial charge >= 0.3 is 5.97 Å². The lowest BCUT2D eigenvalue weighted by Crippen LogP contribution is -2.71. The van der Waals surface area contributed by atoms with Crippen molar-refractivity contribution in [1.29, 1.82) is 0 Å². The van der Waals surface area contributed by atoms with Crippen molar-refractivity contribution in [3.05, 3.63) is 34.5 Å². The van der Waals surface area contributed by atoms with Crippen LogP contribution in [-0.4, -0.2) is 76.5 Å². The number of carbonyl (C=O) groups excluding carboxylic acids is 2. The lowest BCUT2D eigenvalue weighted by molar-refractivity contribution is -0.150. The molecule has 0 aromatic carbocycles. The van der Waals surface area contributed by atoms with Crippen molar-refractivity contribution in [1.82, 2.24) is 15.2 Å². The van der Waals surface area contributed by atoms with Gasteiger partial charge in [-0.3, -0.25) is 14.5 Å². The summed E-state index contributed by atoms with van der Waals surface area (Å²) in [5.74, 6) is -2.04. The van der Waals surface area contributed by atoms with E-state index in [9.17, 15) is 19.5 Å². The van der Waals surface area contributed by atoms with Crippen LogP contribution >= 0.6 is 23.1 Å². The molecule has 2 aliphatic rings. The molecule has 1 aromatic heterocycles. The van der Waals surface area contributed by atoms with E-state index in [2.05, 4.69) is 15.5 Å². The summed E-state index contributed by atoms with van der Waals surface area (Å²) in [7, 11) is 2.80. The van der Waals surface area contributed by atoms with Crippen molar-refractivity contribution in [3.8, 4) is 0 Å². The highest BCUT2D eigenvalue weighted by Crippen LogP contribution is 2.40. The molecule has 2 atom stereocenters. The number of β-lactam (4-membered cyclic amide) rings is 1. The van der Waals surface area contributed by atoms with Crippen molar-refractivity contribution >= 4 is 51.7 Å². The van der Waals surface area contributed by atoms with Gasteiger partial charge in [-0.15, -0.1) is 23.1 Å². The second-order valence-corrected chi connectivity index (χ2v) is 8.09. The summed E-state index contributed by atoms with van der Waals surface area (Å²) >= 11 is 2.48. The number of aliphatic carboxylic acids is 1. The normalized spacial score (nSPS) is 21.5. The van der Waals surface area contributed by atoms with Gasteiger partial charge in [0.1, 0.15) is 29.9 Å². The fourth-order valence-electron chi connectivity index (χ4n) is 2.96. The van der Waals surface area contributed by atoms with Crippen LogP contribution in [0.25, 0.3) is 0 Å². The number of ether oxygens (including phenoxy) is 1. The summed E-state index contributed by atoms with van der Waals surface area (Å²) in [6.45, 7) is 0.319. The molecule has 0 unspecified atom stereocenters. The summed E-state index contributed by atoms with van der Waals surface area (Å²) < 4.78 is 4.93. The number of amides is 2. The van der Waals surface area contributed by atoms with E-state index in [1.807, 2.05) is 0 Å². The number of fused-ring (bicyclic) bond motifs is 1. The molecule has 0 bridgehead atoms. The molecule has 0 radical (unpaired) electrons. The number of thioether (sulfide) groups is 1. The van der Waals surface area contributed by atoms with Crippen molar-refractivity contribution < 1.29 is 29.1 Å². The molecule has 4 N–H and O–H groups in total. The topological polar surface area (TPSA) is 156 Å². The average Bonchev–Trinajstić information content (AvgIpc) is 3.15. The molecule has 11 nitrogen and oxygen atoms in total. The molecule has 2 aliphatic heterocycles. The molecule has 160 valence electrons. The van der Waals surface area contributed by atoms with Gasteiger partial charge in [-0.05, 0) is 5.57 Å². The Labute approximate surface area is 179 Å². The number of anilines is 1. The number of nitrogens with one attached hydrogen (secondary N) is 1. The number of carboxylic acids is 1. The summed E-state index contributed by atoms with van der Waals surface area (Å²) in [5, 5.41) is 17.1. The summed E-state index contributed by atoms with van der Waals surface area (Å²) in [5.41, 5.74) is 6.09. The van der Waals surface area contributed by atoms with Gasteiger partial charge in [-0.2, -0.15) is 0 Å². The number of rotatable bonds is 8. The van der Waals surface area contributed by atoms with Crippen LogP contribution in [-0.2, 0) is 24.0 Å². The number of nitrogens with zero attached hydrogens (tertiary/aromatic N) is 3. The minimum atomic E-state index is -1.21. The van der Waals surface area contributed by atoms with Gasteiger partial charge in [0.15, 0.2) is 10.8 Å². The fourth-order valence-corrected chi connectivity index (χ4v) is 4.83. The third-order valence-corrected chi connectivity index (χ3v) is 6.21. The van der Waals surface area contributed by atoms with Crippen LogP contribution in [0, 0.1) is 0 Å². The van der Waals surface area contributed by atoms with E-state index < -0.39 is 29.2 Å². The Balaban J connectivity index is 1.78. The summed E-state index contributed by atoms with van der Waals surface area (Å²) in [6, 6.07) is -0.903. The molecule has 0 saturated carbocycles. The second-order valence-electron chi connectivity index (χ2n) is 6.09. The zero-order valence-electron chi connectivity index (χ0n) is 16.0. The van der Waals surface area contributed by atoms with Crippen LogP contribution < -0.4 is 11.1 Å². The van der Waals surface area contributed by atoms with Crippen molar-refractivity contribution in [2.75, 3.05) is 32.3 Å². The zero-order valence-corrected chi connectivity index (χ0v) is 17.7. The van der Waals surface area contributed by atoms with Gasteiger partial charge in [0, 0.05) is 18.2 Å². The maximum atomic E-state index is 12.7. The maximum Gasteiger partial charge on any atom is 0.352 e. The van der Waals surface area contributed by atoms with Crippen LogP contribution in [0.15, 0.2) is 34.0 Å². The van der Waals surface area contributed by atoms with E-state index in [-0.39, 0.29) is 22.2 Å². The first kappa shape index (κ1) is 21.8. The highest BCUT2D eigenvalue weighted by Gasteiger charge is 2.54. The van der Waals surface area contributed by atoms with Gasteiger partial charge < -0.3 is 25.7 Å². The van der Waals surface area contributed by atoms with E-state index in [1.54, 1.807) is 17.5 Å². The number of hydrogen-bond acceptors (Lipinski definition) is 10. The number of oxime groups is 1. The smallest absolute Gasteiger partial charge is 0.352 e. The van der Waals surface area contributed by atoms with E-state index in [0.29, 0.717) is 17.9 Å². The number of aromatic nitrogens is 1. The van der Waals surface area contributed by atoms with Gasteiger partial charge in [0.2, 0.25) is 0 Å². The molecule has 3 rings (SSSR count). The molecule has 3 heterocycles. The molecule has 13 heteroatoms. The van der Waals surface area contributed by atoms with Crippen molar-refractivity contribution in [2.45, 2.75) is 11.4 Å². The highest BCUT2D eigenvalue weighted by atomic mass is 32.2. The van der Waals surface area contributed by atoms with Crippen LogP contribution in [0.2, 0.25) is 0 Å². The lowest BCUT2D eigenvalue weighted by atomic mass is 10.0. The Morgan fingerprint density at radius 2 is 2.27 bits per heavy atom. The molecular formula is C17H19N5O6S2. The highest BCUT2D eigenvalue weighted by molar-refractivity contribution is 8.00.